The van der Waals surface area contributed by atoms with E-state index in [1.165, 1.54) is 11.3 Å². The standard InChI is InChI=1S/C22H21N5O2S/c1-2-3-10-24-22(29)26-16-7-4-6-15(13-16)18-9-11-23-21-17(14-25-27(18)21)20(28)19-8-5-12-30-19/h4-9,11-14H,2-3,10H2,1H3,(H2,24,26,29). The number of nitrogens with zero attached hydrogens (tertiary/aromatic N) is 3. The summed E-state index contributed by atoms with van der Waals surface area (Å²) in [5, 5.41) is 12.0. The lowest BCUT2D eigenvalue weighted by atomic mass is 10.1. The van der Waals surface area contributed by atoms with Crippen molar-refractivity contribution in [2.45, 2.75) is 19.8 Å². The molecule has 1 aromatic carbocycles. The van der Waals surface area contributed by atoms with Crippen molar-refractivity contribution in [3.63, 3.8) is 0 Å². The smallest absolute Gasteiger partial charge is 0.319 e. The molecule has 4 aromatic rings. The Kier molecular flexibility index (Phi) is 5.85. The molecule has 0 spiro atoms. The number of fused-ring (bicyclic) bond motifs is 1. The number of rotatable bonds is 7. The zero-order valence-electron chi connectivity index (χ0n) is 16.5. The highest BCUT2D eigenvalue weighted by atomic mass is 32.1. The fraction of sp³-hybridized carbons (Fsp3) is 0.182. The van der Waals surface area contributed by atoms with E-state index in [4.69, 9.17) is 0 Å². The normalized spacial score (nSPS) is 10.8. The van der Waals surface area contributed by atoms with Crippen LogP contribution in [-0.2, 0) is 0 Å². The van der Waals surface area contributed by atoms with E-state index in [-0.39, 0.29) is 11.8 Å². The Balaban J connectivity index is 1.62. The molecular formula is C22H21N5O2S. The molecule has 3 aromatic heterocycles. The molecule has 0 atom stereocenters. The third kappa shape index (κ3) is 4.08. The molecule has 152 valence electrons. The summed E-state index contributed by atoms with van der Waals surface area (Å²) in [7, 11) is 0. The fourth-order valence-electron chi connectivity index (χ4n) is 3.12. The van der Waals surface area contributed by atoms with E-state index >= 15 is 0 Å². The summed E-state index contributed by atoms with van der Waals surface area (Å²) < 4.78 is 1.65. The summed E-state index contributed by atoms with van der Waals surface area (Å²) in [6.45, 7) is 2.72. The molecule has 0 aliphatic rings. The van der Waals surface area contributed by atoms with Gasteiger partial charge in [0.15, 0.2) is 5.65 Å². The van der Waals surface area contributed by atoms with Gasteiger partial charge in [0, 0.05) is 24.0 Å². The van der Waals surface area contributed by atoms with E-state index in [0.29, 0.717) is 28.3 Å². The Hall–Kier alpha value is -3.52. The highest BCUT2D eigenvalue weighted by molar-refractivity contribution is 7.12. The van der Waals surface area contributed by atoms with Gasteiger partial charge in [-0.1, -0.05) is 31.5 Å². The maximum atomic E-state index is 12.8. The quantitative estimate of drug-likeness (QED) is 0.338. The van der Waals surface area contributed by atoms with Crippen LogP contribution in [0.25, 0.3) is 16.9 Å². The van der Waals surface area contributed by atoms with Gasteiger partial charge in [0.25, 0.3) is 0 Å². The average molecular weight is 420 g/mol. The molecule has 8 heteroatoms. The van der Waals surface area contributed by atoms with Crippen molar-refractivity contribution in [3.05, 3.63) is 70.7 Å². The molecule has 30 heavy (non-hydrogen) atoms. The second-order valence-electron chi connectivity index (χ2n) is 6.75. The van der Waals surface area contributed by atoms with Crippen molar-refractivity contribution in [2.24, 2.45) is 0 Å². The highest BCUT2D eigenvalue weighted by Crippen LogP contribution is 2.25. The molecule has 0 bridgehead atoms. The molecule has 0 saturated carbocycles. The largest absolute Gasteiger partial charge is 0.338 e. The minimum atomic E-state index is -0.233. The second-order valence-corrected chi connectivity index (χ2v) is 7.69. The van der Waals surface area contributed by atoms with Crippen LogP contribution in [0.1, 0.15) is 35.0 Å². The van der Waals surface area contributed by atoms with Crippen LogP contribution in [0.5, 0.6) is 0 Å². The number of carbonyl (C=O) groups is 2. The van der Waals surface area contributed by atoms with E-state index in [0.717, 1.165) is 24.1 Å². The lowest BCUT2D eigenvalue weighted by Gasteiger charge is -2.10. The van der Waals surface area contributed by atoms with Crippen molar-refractivity contribution in [1.29, 1.82) is 0 Å². The van der Waals surface area contributed by atoms with Gasteiger partial charge in [-0.05, 0) is 36.1 Å². The molecule has 3 heterocycles. The summed E-state index contributed by atoms with van der Waals surface area (Å²) in [5.41, 5.74) is 3.27. The number of urea groups is 1. The van der Waals surface area contributed by atoms with Crippen LogP contribution in [-0.4, -0.2) is 33.0 Å². The average Bonchev–Trinajstić information content (AvgIpc) is 3.44. The van der Waals surface area contributed by atoms with Crippen LogP contribution < -0.4 is 10.6 Å². The van der Waals surface area contributed by atoms with Gasteiger partial charge in [-0.3, -0.25) is 4.79 Å². The monoisotopic (exact) mass is 419 g/mol. The van der Waals surface area contributed by atoms with Crippen LogP contribution in [0.2, 0.25) is 0 Å². The maximum absolute atomic E-state index is 12.8. The van der Waals surface area contributed by atoms with Gasteiger partial charge >= 0.3 is 6.03 Å². The van der Waals surface area contributed by atoms with E-state index in [1.807, 2.05) is 41.8 Å². The number of benzene rings is 1. The number of hydrogen-bond donors (Lipinski definition) is 2. The molecule has 0 saturated heterocycles. The zero-order valence-corrected chi connectivity index (χ0v) is 17.3. The van der Waals surface area contributed by atoms with Crippen LogP contribution in [0, 0.1) is 0 Å². The first-order valence-corrected chi connectivity index (χ1v) is 10.6. The Morgan fingerprint density at radius 1 is 1.17 bits per heavy atom. The van der Waals surface area contributed by atoms with Crippen LogP contribution in [0.15, 0.2) is 60.2 Å². The Morgan fingerprint density at radius 3 is 2.87 bits per heavy atom. The van der Waals surface area contributed by atoms with Crippen molar-refractivity contribution >= 4 is 34.5 Å². The summed E-state index contributed by atoms with van der Waals surface area (Å²) >= 11 is 1.39. The summed E-state index contributed by atoms with van der Waals surface area (Å²) in [4.78, 5) is 29.9. The predicted molar refractivity (Wildman–Crippen MR) is 118 cm³/mol. The van der Waals surface area contributed by atoms with Gasteiger partial charge in [-0.25, -0.2) is 14.3 Å². The molecule has 7 nitrogen and oxygen atoms in total. The first kappa shape index (κ1) is 19.8. The van der Waals surface area contributed by atoms with Gasteiger partial charge in [0.05, 0.1) is 22.3 Å². The first-order valence-electron chi connectivity index (χ1n) is 9.73. The summed E-state index contributed by atoms with van der Waals surface area (Å²) in [5.74, 6) is -0.0937. The number of ketones is 1. The van der Waals surface area contributed by atoms with Crippen LogP contribution in [0.3, 0.4) is 0 Å². The molecule has 0 radical (unpaired) electrons. The Labute approximate surface area is 177 Å². The van der Waals surface area contributed by atoms with E-state index < -0.39 is 0 Å². The Morgan fingerprint density at radius 2 is 2.07 bits per heavy atom. The van der Waals surface area contributed by atoms with Gasteiger partial charge in [-0.2, -0.15) is 5.10 Å². The van der Waals surface area contributed by atoms with Crippen molar-refractivity contribution in [3.8, 4) is 11.3 Å². The molecule has 0 aliphatic carbocycles. The number of aromatic nitrogens is 3. The number of amides is 2. The first-order chi connectivity index (χ1) is 14.7. The predicted octanol–water partition coefficient (Wildman–Crippen LogP) is 4.61. The third-order valence-electron chi connectivity index (χ3n) is 4.62. The number of unbranched alkanes of at least 4 members (excludes halogenated alkanes) is 1. The van der Waals surface area contributed by atoms with Crippen molar-refractivity contribution < 1.29 is 9.59 Å². The number of thiophene rings is 1. The van der Waals surface area contributed by atoms with Gasteiger partial charge in [0.1, 0.15) is 0 Å². The van der Waals surface area contributed by atoms with Crippen LogP contribution in [0.4, 0.5) is 10.5 Å². The highest BCUT2D eigenvalue weighted by Gasteiger charge is 2.18. The lowest BCUT2D eigenvalue weighted by molar-refractivity contribution is 0.104. The number of anilines is 1. The zero-order chi connectivity index (χ0) is 20.9. The Bertz CT molecular complexity index is 1180. The van der Waals surface area contributed by atoms with Gasteiger partial charge in [-0.15, -0.1) is 11.3 Å². The number of hydrogen-bond acceptors (Lipinski definition) is 5. The van der Waals surface area contributed by atoms with Crippen LogP contribution >= 0.6 is 11.3 Å². The third-order valence-corrected chi connectivity index (χ3v) is 5.49. The molecule has 0 unspecified atom stereocenters. The minimum absolute atomic E-state index is 0.0937. The van der Waals surface area contributed by atoms with E-state index in [9.17, 15) is 9.59 Å². The van der Waals surface area contributed by atoms with E-state index in [1.54, 1.807) is 23.0 Å². The molecule has 0 fully saturated rings. The molecule has 2 amide bonds. The van der Waals surface area contributed by atoms with E-state index in [2.05, 4.69) is 27.6 Å². The topological polar surface area (TPSA) is 88.4 Å². The second kappa shape index (κ2) is 8.87. The van der Waals surface area contributed by atoms with Crippen molar-refractivity contribution in [1.82, 2.24) is 19.9 Å². The van der Waals surface area contributed by atoms with Gasteiger partial charge < -0.3 is 10.6 Å². The van der Waals surface area contributed by atoms with Crippen molar-refractivity contribution in [2.75, 3.05) is 11.9 Å². The number of carbonyl (C=O) groups excluding carboxylic acids is 2. The molecular weight excluding hydrogens is 398 g/mol. The summed E-state index contributed by atoms with van der Waals surface area (Å²) in [6.07, 6.45) is 5.18. The number of nitrogens with one attached hydrogen (secondary N) is 2. The maximum Gasteiger partial charge on any atom is 0.319 e. The summed E-state index contributed by atoms with van der Waals surface area (Å²) in [6, 6.07) is 12.7. The fourth-order valence-corrected chi connectivity index (χ4v) is 3.80. The SMILES string of the molecule is CCCCNC(=O)Nc1cccc(-c2ccnc3c(C(=O)c4cccs4)cnn23)c1. The minimum Gasteiger partial charge on any atom is -0.338 e. The lowest BCUT2D eigenvalue weighted by Crippen LogP contribution is -2.29. The molecule has 2 N–H and O–H groups in total. The van der Waals surface area contributed by atoms with Gasteiger partial charge in [0.2, 0.25) is 5.78 Å². The molecule has 4 rings (SSSR count). The molecule has 0 aliphatic heterocycles.